The lowest BCUT2D eigenvalue weighted by Crippen LogP contribution is -2.24. The monoisotopic (exact) mass is 421 g/mol. The number of hydrogen-bond donors (Lipinski definition) is 1. The van der Waals surface area contributed by atoms with Gasteiger partial charge in [0.1, 0.15) is 11.0 Å². The van der Waals surface area contributed by atoms with Gasteiger partial charge in [0.05, 0.1) is 11.4 Å². The van der Waals surface area contributed by atoms with E-state index in [2.05, 4.69) is 96.6 Å². The molecule has 6 rings (SSSR count). The number of para-hydroxylation sites is 2. The summed E-state index contributed by atoms with van der Waals surface area (Å²) in [5, 5.41) is 6.30. The smallest absolute Gasteiger partial charge is 0.130 e. The largest absolute Gasteiger partial charge is 0.359 e. The zero-order valence-corrected chi connectivity index (χ0v) is 18.6. The summed E-state index contributed by atoms with van der Waals surface area (Å²) in [6.07, 6.45) is 1.92. The van der Waals surface area contributed by atoms with E-state index >= 15 is 0 Å². The second kappa shape index (κ2) is 6.82. The molecule has 3 nitrogen and oxygen atoms in total. The molecule has 0 amide bonds. The van der Waals surface area contributed by atoms with E-state index in [9.17, 15) is 0 Å². The average molecular weight is 422 g/mol. The molecule has 1 aliphatic heterocycles. The molecule has 0 fully saturated rings. The fourth-order valence-corrected chi connectivity index (χ4v) is 6.08. The Kier molecular flexibility index (Phi) is 4.05. The zero-order valence-electron chi connectivity index (χ0n) is 17.8. The van der Waals surface area contributed by atoms with Crippen LogP contribution in [0.2, 0.25) is 0 Å². The number of anilines is 3. The van der Waals surface area contributed by atoms with Crippen molar-refractivity contribution in [2.45, 2.75) is 26.9 Å². The van der Waals surface area contributed by atoms with Gasteiger partial charge < -0.3 is 10.2 Å². The van der Waals surface area contributed by atoms with Gasteiger partial charge in [0.25, 0.3) is 0 Å². The van der Waals surface area contributed by atoms with E-state index in [0.29, 0.717) is 0 Å². The minimum Gasteiger partial charge on any atom is -0.359 e. The molecule has 0 saturated carbocycles. The van der Waals surface area contributed by atoms with Gasteiger partial charge in [-0.15, -0.1) is 11.3 Å². The lowest BCUT2D eigenvalue weighted by molar-refractivity contribution is 0.824. The molecule has 5 aromatic rings. The van der Waals surface area contributed by atoms with Gasteiger partial charge in [-0.2, -0.15) is 0 Å². The van der Waals surface area contributed by atoms with E-state index in [0.717, 1.165) is 4.83 Å². The van der Waals surface area contributed by atoms with Gasteiger partial charge in [-0.05, 0) is 67.8 Å². The van der Waals surface area contributed by atoms with Crippen molar-refractivity contribution < 1.29 is 0 Å². The summed E-state index contributed by atoms with van der Waals surface area (Å²) >= 11 is 1.77. The van der Waals surface area contributed by atoms with Gasteiger partial charge in [0, 0.05) is 27.4 Å². The average Bonchev–Trinajstić information content (AvgIpc) is 3.31. The van der Waals surface area contributed by atoms with Crippen molar-refractivity contribution in [3.8, 4) is 0 Å². The van der Waals surface area contributed by atoms with Gasteiger partial charge in [-0.3, -0.25) is 0 Å². The SMILES string of the molecule is Cc1cc(C)c(N2c3ccccc3NC2c2ccc3c(c2)sc2ncccc23)c(C)c1. The highest BCUT2D eigenvalue weighted by Gasteiger charge is 2.33. The highest BCUT2D eigenvalue weighted by atomic mass is 32.1. The maximum atomic E-state index is 4.56. The quantitative estimate of drug-likeness (QED) is 0.317. The molecule has 1 unspecified atom stereocenters. The van der Waals surface area contributed by atoms with E-state index in [1.54, 1.807) is 11.3 Å². The molecular formula is C27H23N3S. The first-order chi connectivity index (χ1) is 15.1. The van der Waals surface area contributed by atoms with Crippen LogP contribution in [-0.4, -0.2) is 4.98 Å². The zero-order chi connectivity index (χ0) is 21.1. The maximum absolute atomic E-state index is 4.56. The molecule has 3 aromatic carbocycles. The number of aromatic nitrogens is 1. The van der Waals surface area contributed by atoms with E-state index in [-0.39, 0.29) is 6.17 Å². The fraction of sp³-hybridized carbons (Fsp3) is 0.148. The summed E-state index contributed by atoms with van der Waals surface area (Å²) in [5.74, 6) is 0. The van der Waals surface area contributed by atoms with Crippen molar-refractivity contribution in [2.24, 2.45) is 0 Å². The molecule has 1 aliphatic rings. The molecule has 0 bridgehead atoms. The van der Waals surface area contributed by atoms with Crippen LogP contribution >= 0.6 is 11.3 Å². The van der Waals surface area contributed by atoms with Gasteiger partial charge in [-0.1, -0.05) is 42.0 Å². The molecule has 0 spiro atoms. The second-order valence-corrected chi connectivity index (χ2v) is 9.43. The Hall–Kier alpha value is -3.37. The fourth-order valence-electron chi connectivity index (χ4n) is 4.99. The highest BCUT2D eigenvalue weighted by Crippen LogP contribution is 2.48. The summed E-state index contributed by atoms with van der Waals surface area (Å²) in [4.78, 5) is 8.13. The predicted molar refractivity (Wildman–Crippen MR) is 133 cm³/mol. The highest BCUT2D eigenvalue weighted by molar-refractivity contribution is 7.25. The van der Waals surface area contributed by atoms with E-state index in [1.165, 1.54) is 54.8 Å². The Morgan fingerprint density at radius 1 is 0.871 bits per heavy atom. The van der Waals surface area contributed by atoms with Crippen molar-refractivity contribution in [1.82, 2.24) is 4.98 Å². The van der Waals surface area contributed by atoms with Crippen molar-refractivity contribution in [2.75, 3.05) is 10.2 Å². The standard InChI is InChI=1S/C27H23N3S/c1-16-13-17(2)25(18(3)14-16)30-23-9-5-4-8-22(23)29-26(30)19-10-11-20-21-7-6-12-28-27(21)31-24(20)15-19/h4-15,26,29H,1-3H3. The number of nitrogens with one attached hydrogen (secondary N) is 1. The Labute approximate surface area is 186 Å². The lowest BCUT2D eigenvalue weighted by atomic mass is 10.0. The third-order valence-electron chi connectivity index (χ3n) is 6.18. The molecule has 1 N–H and O–H groups in total. The molecule has 4 heteroatoms. The minimum absolute atomic E-state index is 0.0417. The summed E-state index contributed by atoms with van der Waals surface area (Å²) in [7, 11) is 0. The van der Waals surface area contributed by atoms with Crippen molar-refractivity contribution in [1.29, 1.82) is 0 Å². The van der Waals surface area contributed by atoms with Gasteiger partial charge >= 0.3 is 0 Å². The van der Waals surface area contributed by atoms with Crippen LogP contribution in [0.25, 0.3) is 20.3 Å². The van der Waals surface area contributed by atoms with Crippen LogP contribution in [0.4, 0.5) is 17.1 Å². The number of nitrogens with zero attached hydrogens (tertiary/aromatic N) is 2. The van der Waals surface area contributed by atoms with Crippen LogP contribution in [0.5, 0.6) is 0 Å². The van der Waals surface area contributed by atoms with Gasteiger partial charge in [-0.25, -0.2) is 4.98 Å². The first-order valence-corrected chi connectivity index (χ1v) is 11.4. The first kappa shape index (κ1) is 18.4. The Bertz CT molecular complexity index is 1440. The number of fused-ring (bicyclic) bond motifs is 4. The normalized spacial score (nSPS) is 15.5. The van der Waals surface area contributed by atoms with Crippen LogP contribution in [-0.2, 0) is 0 Å². The number of rotatable bonds is 2. The molecule has 3 heterocycles. The molecule has 0 saturated heterocycles. The minimum atomic E-state index is 0.0417. The summed E-state index contributed by atoms with van der Waals surface area (Å²) < 4.78 is 1.28. The number of aryl methyl sites for hydroxylation is 3. The van der Waals surface area contributed by atoms with E-state index < -0.39 is 0 Å². The number of hydrogen-bond acceptors (Lipinski definition) is 4. The lowest BCUT2D eigenvalue weighted by Gasteiger charge is -2.30. The molecule has 2 aromatic heterocycles. The third-order valence-corrected chi connectivity index (χ3v) is 7.26. The van der Waals surface area contributed by atoms with Gasteiger partial charge in [0.2, 0.25) is 0 Å². The van der Waals surface area contributed by atoms with Crippen LogP contribution in [0, 0.1) is 20.8 Å². The summed E-state index contributed by atoms with van der Waals surface area (Å²) in [6, 6.07) is 24.2. The van der Waals surface area contributed by atoms with Gasteiger partial charge in [0.15, 0.2) is 0 Å². The second-order valence-electron chi connectivity index (χ2n) is 8.40. The summed E-state index contributed by atoms with van der Waals surface area (Å²) in [5.41, 5.74) is 8.84. The molecular weight excluding hydrogens is 398 g/mol. The van der Waals surface area contributed by atoms with E-state index in [1.807, 2.05) is 12.3 Å². The van der Waals surface area contributed by atoms with Crippen LogP contribution in [0.1, 0.15) is 28.4 Å². The molecule has 0 radical (unpaired) electrons. The van der Waals surface area contributed by atoms with Crippen LogP contribution < -0.4 is 10.2 Å². The first-order valence-electron chi connectivity index (χ1n) is 10.6. The Morgan fingerprint density at radius 3 is 2.52 bits per heavy atom. The van der Waals surface area contributed by atoms with E-state index in [4.69, 9.17) is 0 Å². The predicted octanol–water partition coefficient (Wildman–Crippen LogP) is 7.64. The number of pyridine rings is 1. The molecule has 1 atom stereocenters. The number of thiophene rings is 1. The van der Waals surface area contributed by atoms with Crippen LogP contribution in [0.3, 0.4) is 0 Å². The Balaban J connectivity index is 1.55. The molecule has 31 heavy (non-hydrogen) atoms. The van der Waals surface area contributed by atoms with Crippen molar-refractivity contribution in [3.63, 3.8) is 0 Å². The Morgan fingerprint density at radius 2 is 1.68 bits per heavy atom. The van der Waals surface area contributed by atoms with Crippen LogP contribution in [0.15, 0.2) is 72.9 Å². The maximum Gasteiger partial charge on any atom is 0.130 e. The molecule has 0 aliphatic carbocycles. The molecule has 152 valence electrons. The van der Waals surface area contributed by atoms with Crippen molar-refractivity contribution >= 4 is 48.7 Å². The third kappa shape index (κ3) is 2.82. The van der Waals surface area contributed by atoms with Crippen molar-refractivity contribution in [3.05, 3.63) is 95.2 Å². The summed E-state index contributed by atoms with van der Waals surface area (Å²) in [6.45, 7) is 6.60. The topological polar surface area (TPSA) is 28.2 Å². The number of benzene rings is 3.